The predicted molar refractivity (Wildman–Crippen MR) is 88.4 cm³/mol. The van der Waals surface area contributed by atoms with Crippen LogP contribution in [0.1, 0.15) is 20.3 Å². The van der Waals surface area contributed by atoms with Crippen molar-refractivity contribution in [1.82, 2.24) is 4.98 Å². The lowest BCUT2D eigenvalue weighted by atomic mass is 10.0. The van der Waals surface area contributed by atoms with Crippen LogP contribution >= 0.6 is 15.9 Å². The van der Waals surface area contributed by atoms with Crippen LogP contribution in [-0.4, -0.2) is 22.1 Å². The summed E-state index contributed by atoms with van der Waals surface area (Å²) in [5.41, 5.74) is 6.60. The first-order chi connectivity index (χ1) is 9.90. The Labute approximate surface area is 131 Å². The Balaban J connectivity index is 2.46. The lowest BCUT2D eigenvalue weighted by Gasteiger charge is -2.19. The molecule has 1 unspecified atom stereocenters. The summed E-state index contributed by atoms with van der Waals surface area (Å²) in [5.74, 6) is -0.131. The number of hydrogen-bond donors (Lipinski definition) is 3. The Kier molecular flexibility index (Phi) is 4.67. The van der Waals surface area contributed by atoms with E-state index in [2.05, 4.69) is 26.2 Å². The average Bonchev–Trinajstić information content (AvgIpc) is 2.40. The third-order valence-electron chi connectivity index (χ3n) is 3.21. The number of aliphatic carboxylic acids is 1. The van der Waals surface area contributed by atoms with E-state index in [-0.39, 0.29) is 5.92 Å². The molecule has 0 aliphatic heterocycles. The van der Waals surface area contributed by atoms with Gasteiger partial charge in [0.05, 0.1) is 0 Å². The largest absolute Gasteiger partial charge is 0.480 e. The van der Waals surface area contributed by atoms with Crippen LogP contribution in [-0.2, 0) is 4.79 Å². The Bertz CT molecular complexity index is 673. The molecule has 0 saturated carbocycles. The lowest BCUT2D eigenvalue weighted by Crippen LogP contribution is -2.31. The highest BCUT2D eigenvalue weighted by molar-refractivity contribution is 9.10. The van der Waals surface area contributed by atoms with Gasteiger partial charge in [0.25, 0.3) is 0 Å². The standard InChI is InChI=1S/C15H18BrN3O2/c1-8(2)6-12(15(20)21)19-14-13-9(10(16)7-18-14)4-3-5-11(13)17/h3-5,7-8,12H,6,17H2,1-2H3,(H,18,19)(H,20,21). The second-order valence-electron chi connectivity index (χ2n) is 5.39. The van der Waals surface area contributed by atoms with Crippen molar-refractivity contribution in [3.63, 3.8) is 0 Å². The second kappa shape index (κ2) is 6.30. The van der Waals surface area contributed by atoms with Crippen molar-refractivity contribution in [2.45, 2.75) is 26.3 Å². The SMILES string of the molecule is CC(C)CC(Nc1ncc(Br)c2cccc(N)c12)C(=O)O. The van der Waals surface area contributed by atoms with Crippen LogP contribution in [0.4, 0.5) is 11.5 Å². The van der Waals surface area contributed by atoms with Gasteiger partial charge < -0.3 is 16.2 Å². The molecule has 0 fully saturated rings. The molecule has 112 valence electrons. The van der Waals surface area contributed by atoms with Crippen molar-refractivity contribution < 1.29 is 9.90 Å². The van der Waals surface area contributed by atoms with Gasteiger partial charge in [0.2, 0.25) is 0 Å². The van der Waals surface area contributed by atoms with Crippen LogP contribution in [0.5, 0.6) is 0 Å². The summed E-state index contributed by atoms with van der Waals surface area (Å²) in [4.78, 5) is 15.7. The van der Waals surface area contributed by atoms with Crippen LogP contribution in [0.25, 0.3) is 10.8 Å². The Morgan fingerprint density at radius 1 is 1.48 bits per heavy atom. The fourth-order valence-electron chi connectivity index (χ4n) is 2.26. The number of pyridine rings is 1. The molecule has 5 nitrogen and oxygen atoms in total. The highest BCUT2D eigenvalue weighted by atomic mass is 79.9. The summed E-state index contributed by atoms with van der Waals surface area (Å²) in [6.07, 6.45) is 2.17. The van der Waals surface area contributed by atoms with E-state index in [1.54, 1.807) is 12.3 Å². The minimum absolute atomic E-state index is 0.262. The van der Waals surface area contributed by atoms with Crippen molar-refractivity contribution in [3.8, 4) is 0 Å². The molecule has 0 aliphatic carbocycles. The number of hydrogen-bond acceptors (Lipinski definition) is 4. The van der Waals surface area contributed by atoms with Crippen molar-refractivity contribution in [3.05, 3.63) is 28.9 Å². The van der Waals surface area contributed by atoms with Gasteiger partial charge >= 0.3 is 5.97 Å². The smallest absolute Gasteiger partial charge is 0.326 e. The molecule has 1 aromatic heterocycles. The number of benzene rings is 1. The number of halogens is 1. The first-order valence-corrected chi connectivity index (χ1v) is 7.51. The third-order valence-corrected chi connectivity index (χ3v) is 3.85. The van der Waals surface area contributed by atoms with Crippen molar-refractivity contribution in [2.24, 2.45) is 5.92 Å². The number of nitrogen functional groups attached to an aromatic ring is 1. The summed E-state index contributed by atoms with van der Waals surface area (Å²) in [7, 11) is 0. The number of nitrogens with one attached hydrogen (secondary N) is 1. The topological polar surface area (TPSA) is 88.2 Å². The van der Waals surface area contributed by atoms with Crippen LogP contribution in [0.2, 0.25) is 0 Å². The number of anilines is 2. The molecule has 1 heterocycles. The normalized spacial score (nSPS) is 12.6. The van der Waals surface area contributed by atoms with Gasteiger partial charge in [-0.25, -0.2) is 9.78 Å². The van der Waals surface area contributed by atoms with Crippen LogP contribution in [0, 0.1) is 5.92 Å². The van der Waals surface area contributed by atoms with Gasteiger partial charge in [-0.05, 0) is 34.3 Å². The molecule has 2 rings (SSSR count). The molecule has 0 amide bonds. The molecule has 0 saturated heterocycles. The maximum Gasteiger partial charge on any atom is 0.326 e. The highest BCUT2D eigenvalue weighted by Crippen LogP contribution is 2.32. The van der Waals surface area contributed by atoms with Gasteiger partial charge in [0.1, 0.15) is 11.9 Å². The Morgan fingerprint density at radius 3 is 2.81 bits per heavy atom. The van der Waals surface area contributed by atoms with Gasteiger partial charge in [0.15, 0.2) is 0 Å². The Hall–Kier alpha value is -1.82. The molecule has 0 aliphatic rings. The molecule has 4 N–H and O–H groups in total. The molecule has 6 heteroatoms. The monoisotopic (exact) mass is 351 g/mol. The summed E-state index contributed by atoms with van der Waals surface area (Å²) in [6, 6.07) is 4.86. The van der Waals surface area contributed by atoms with Gasteiger partial charge in [-0.15, -0.1) is 0 Å². The number of nitrogens with two attached hydrogens (primary N) is 1. The molecule has 0 spiro atoms. The molecule has 1 aromatic carbocycles. The number of carboxylic acid groups (broad SMARTS) is 1. The zero-order valence-electron chi connectivity index (χ0n) is 11.9. The quantitative estimate of drug-likeness (QED) is 0.717. The fraction of sp³-hybridized carbons (Fsp3) is 0.333. The number of nitrogens with zero attached hydrogens (tertiary/aromatic N) is 1. The number of carbonyl (C=O) groups is 1. The van der Waals surface area contributed by atoms with Crippen LogP contribution < -0.4 is 11.1 Å². The maximum absolute atomic E-state index is 11.4. The minimum atomic E-state index is -0.893. The number of fused-ring (bicyclic) bond motifs is 1. The molecule has 0 bridgehead atoms. The maximum atomic E-state index is 11.4. The van der Waals surface area contributed by atoms with Crippen LogP contribution in [0.15, 0.2) is 28.9 Å². The van der Waals surface area contributed by atoms with Gasteiger partial charge in [-0.3, -0.25) is 0 Å². The number of aromatic nitrogens is 1. The molecular formula is C15H18BrN3O2. The van der Waals surface area contributed by atoms with Crippen molar-refractivity contribution in [1.29, 1.82) is 0 Å². The van der Waals surface area contributed by atoms with E-state index >= 15 is 0 Å². The molecule has 2 aromatic rings. The van der Waals surface area contributed by atoms with Gasteiger partial charge in [-0.2, -0.15) is 0 Å². The molecular weight excluding hydrogens is 334 g/mol. The predicted octanol–water partition coefficient (Wildman–Crippen LogP) is 3.49. The number of carboxylic acids is 1. The molecule has 0 radical (unpaired) electrons. The lowest BCUT2D eigenvalue weighted by molar-refractivity contribution is -0.138. The van der Waals surface area contributed by atoms with E-state index < -0.39 is 12.0 Å². The van der Waals surface area contributed by atoms with E-state index in [0.717, 1.165) is 15.2 Å². The van der Waals surface area contributed by atoms with E-state index in [1.807, 2.05) is 26.0 Å². The average molecular weight is 352 g/mol. The summed E-state index contributed by atoms with van der Waals surface area (Å²) in [6.45, 7) is 3.97. The Morgan fingerprint density at radius 2 is 2.19 bits per heavy atom. The van der Waals surface area contributed by atoms with Crippen LogP contribution in [0.3, 0.4) is 0 Å². The summed E-state index contributed by atoms with van der Waals surface area (Å²) in [5, 5.41) is 14.0. The first-order valence-electron chi connectivity index (χ1n) is 6.72. The van der Waals surface area contributed by atoms with Gasteiger partial charge in [-0.1, -0.05) is 26.0 Å². The minimum Gasteiger partial charge on any atom is -0.480 e. The van der Waals surface area contributed by atoms with E-state index in [4.69, 9.17) is 5.73 Å². The molecule has 21 heavy (non-hydrogen) atoms. The van der Waals surface area contributed by atoms with Crippen molar-refractivity contribution >= 4 is 44.2 Å². The number of rotatable bonds is 5. The third kappa shape index (κ3) is 3.44. The zero-order chi connectivity index (χ0) is 15.6. The second-order valence-corrected chi connectivity index (χ2v) is 6.24. The first kappa shape index (κ1) is 15.6. The van der Waals surface area contributed by atoms with Gasteiger partial charge in [0, 0.05) is 27.1 Å². The summed E-state index contributed by atoms with van der Waals surface area (Å²) < 4.78 is 0.825. The van der Waals surface area contributed by atoms with Crippen molar-refractivity contribution in [2.75, 3.05) is 11.1 Å². The zero-order valence-corrected chi connectivity index (χ0v) is 13.5. The van der Waals surface area contributed by atoms with E-state index in [9.17, 15) is 9.90 Å². The summed E-state index contributed by atoms with van der Waals surface area (Å²) >= 11 is 3.44. The fourth-order valence-corrected chi connectivity index (χ4v) is 2.69. The molecule has 1 atom stereocenters. The highest BCUT2D eigenvalue weighted by Gasteiger charge is 2.21. The van der Waals surface area contributed by atoms with E-state index in [1.165, 1.54) is 0 Å². The van der Waals surface area contributed by atoms with E-state index in [0.29, 0.717) is 17.9 Å².